The molecule has 5 N–H and O–H groups in total. The van der Waals surface area contributed by atoms with E-state index in [-0.39, 0.29) is 6.42 Å². The molecule has 0 aliphatic carbocycles. The molecule has 0 aromatic heterocycles. The Bertz CT molecular complexity index is 412. The van der Waals surface area contributed by atoms with Gasteiger partial charge >= 0.3 is 5.97 Å². The van der Waals surface area contributed by atoms with Crippen molar-refractivity contribution in [3.63, 3.8) is 0 Å². The molecule has 17 heavy (non-hydrogen) atoms. The monoisotopic (exact) mass is 258 g/mol. The van der Waals surface area contributed by atoms with Gasteiger partial charge in [0.25, 0.3) is 0 Å². The Morgan fingerprint density at radius 2 is 2.18 bits per heavy atom. The fraction of sp³-hybridized carbons (Fsp3) is 0.364. The molecule has 1 aromatic carbocycles. The van der Waals surface area contributed by atoms with Crippen LogP contribution in [0.15, 0.2) is 18.2 Å². The third-order valence-corrected chi connectivity index (χ3v) is 2.76. The van der Waals surface area contributed by atoms with E-state index < -0.39 is 18.1 Å². The molecule has 1 rings (SSSR count). The van der Waals surface area contributed by atoms with E-state index in [1.54, 1.807) is 18.2 Å². The lowest BCUT2D eigenvalue weighted by Gasteiger charge is -2.16. The van der Waals surface area contributed by atoms with Gasteiger partial charge in [-0.05, 0) is 24.1 Å². The van der Waals surface area contributed by atoms with E-state index >= 15 is 0 Å². The Morgan fingerprint density at radius 1 is 1.53 bits per heavy atom. The first-order chi connectivity index (χ1) is 7.95. The summed E-state index contributed by atoms with van der Waals surface area (Å²) in [5.74, 6) is -0.460. The van der Waals surface area contributed by atoms with Crippen LogP contribution in [0.5, 0.6) is 5.75 Å². The third-order valence-electron chi connectivity index (χ3n) is 2.43. The summed E-state index contributed by atoms with van der Waals surface area (Å²) in [7, 11) is 1.53. The molecular weight excluding hydrogens is 244 g/mol. The fourth-order valence-electron chi connectivity index (χ4n) is 1.44. The first-order valence-corrected chi connectivity index (χ1v) is 5.41. The summed E-state index contributed by atoms with van der Waals surface area (Å²) < 4.78 is 5.01. The standard InChI is InChI=1S/C11H15ClN2O3/c1-17-6-2-3-7(8(12)4-6)9(13)5-10(14)11(15)16/h2-4,9-10H,5,13-14H2,1H3,(H,15,16). The largest absolute Gasteiger partial charge is 0.497 e. The summed E-state index contributed by atoms with van der Waals surface area (Å²) in [6, 6.07) is 3.54. The van der Waals surface area contributed by atoms with Crippen molar-refractivity contribution in [2.24, 2.45) is 11.5 Å². The number of hydrogen-bond donors (Lipinski definition) is 3. The molecule has 0 spiro atoms. The maximum Gasteiger partial charge on any atom is 0.320 e. The van der Waals surface area contributed by atoms with Crippen LogP contribution in [-0.2, 0) is 4.79 Å². The lowest BCUT2D eigenvalue weighted by atomic mass is 10.0. The van der Waals surface area contributed by atoms with Crippen molar-refractivity contribution in [2.45, 2.75) is 18.5 Å². The van der Waals surface area contributed by atoms with Gasteiger partial charge in [0.1, 0.15) is 11.8 Å². The number of aliphatic carboxylic acids is 1. The average Bonchev–Trinajstić information content (AvgIpc) is 2.28. The SMILES string of the molecule is COc1ccc(C(N)CC(N)C(=O)O)c(Cl)c1. The number of nitrogens with two attached hydrogens (primary N) is 2. The van der Waals surface area contributed by atoms with Crippen molar-refractivity contribution in [1.29, 1.82) is 0 Å². The second-order valence-electron chi connectivity index (χ2n) is 3.67. The van der Waals surface area contributed by atoms with Crippen LogP contribution >= 0.6 is 11.6 Å². The van der Waals surface area contributed by atoms with Crippen molar-refractivity contribution < 1.29 is 14.6 Å². The number of ether oxygens (including phenoxy) is 1. The molecule has 6 heteroatoms. The van der Waals surface area contributed by atoms with Gasteiger partial charge in [-0.1, -0.05) is 17.7 Å². The zero-order chi connectivity index (χ0) is 13.0. The van der Waals surface area contributed by atoms with Crippen molar-refractivity contribution in [1.82, 2.24) is 0 Å². The zero-order valence-corrected chi connectivity index (χ0v) is 10.1. The van der Waals surface area contributed by atoms with E-state index in [9.17, 15) is 4.79 Å². The van der Waals surface area contributed by atoms with Crippen molar-refractivity contribution in [3.8, 4) is 5.75 Å². The Kier molecular flexibility index (Phi) is 4.74. The van der Waals surface area contributed by atoms with Crippen molar-refractivity contribution in [2.75, 3.05) is 7.11 Å². The number of halogens is 1. The third kappa shape index (κ3) is 3.59. The minimum Gasteiger partial charge on any atom is -0.497 e. The molecule has 0 heterocycles. The average molecular weight is 259 g/mol. The molecule has 0 aliphatic rings. The molecule has 0 saturated carbocycles. The minimum atomic E-state index is -1.08. The molecule has 94 valence electrons. The number of rotatable bonds is 5. The van der Waals surface area contributed by atoms with Crippen LogP contribution in [0.1, 0.15) is 18.0 Å². The van der Waals surface area contributed by atoms with Gasteiger partial charge in [-0.2, -0.15) is 0 Å². The van der Waals surface area contributed by atoms with Crippen molar-refractivity contribution in [3.05, 3.63) is 28.8 Å². The smallest absolute Gasteiger partial charge is 0.320 e. The predicted molar refractivity (Wildman–Crippen MR) is 65.2 cm³/mol. The van der Waals surface area contributed by atoms with Crippen LogP contribution in [0.3, 0.4) is 0 Å². The Morgan fingerprint density at radius 3 is 2.65 bits per heavy atom. The highest BCUT2D eigenvalue weighted by molar-refractivity contribution is 6.31. The van der Waals surface area contributed by atoms with Gasteiger partial charge in [-0.25, -0.2) is 0 Å². The quantitative estimate of drug-likeness (QED) is 0.736. The van der Waals surface area contributed by atoms with Crippen LogP contribution in [0.4, 0.5) is 0 Å². The predicted octanol–water partition coefficient (Wildman–Crippen LogP) is 1.15. The molecule has 0 radical (unpaired) electrons. The first kappa shape index (κ1) is 13.8. The molecule has 0 fully saturated rings. The van der Waals surface area contributed by atoms with Crippen molar-refractivity contribution >= 4 is 17.6 Å². The molecular formula is C11H15ClN2O3. The fourth-order valence-corrected chi connectivity index (χ4v) is 1.75. The molecule has 0 aliphatic heterocycles. The maximum absolute atomic E-state index is 10.6. The lowest BCUT2D eigenvalue weighted by molar-refractivity contribution is -0.138. The van der Waals surface area contributed by atoms with Crippen LogP contribution in [0.2, 0.25) is 5.02 Å². The van der Waals surface area contributed by atoms with Gasteiger partial charge in [0.2, 0.25) is 0 Å². The van der Waals surface area contributed by atoms with Gasteiger partial charge in [0.15, 0.2) is 0 Å². The minimum absolute atomic E-state index is 0.126. The number of hydrogen-bond acceptors (Lipinski definition) is 4. The second kappa shape index (κ2) is 5.86. The number of carbonyl (C=O) groups is 1. The van der Waals surface area contributed by atoms with E-state index in [2.05, 4.69) is 0 Å². The Balaban J connectivity index is 2.82. The Labute approximate surface area is 104 Å². The van der Waals surface area contributed by atoms with Crippen LogP contribution in [0, 0.1) is 0 Å². The summed E-state index contributed by atoms with van der Waals surface area (Å²) >= 11 is 6.02. The van der Waals surface area contributed by atoms with Gasteiger partial charge < -0.3 is 21.3 Å². The maximum atomic E-state index is 10.6. The highest BCUT2D eigenvalue weighted by Crippen LogP contribution is 2.28. The van der Waals surface area contributed by atoms with Crippen LogP contribution in [-0.4, -0.2) is 24.2 Å². The van der Waals surface area contributed by atoms with E-state index in [0.717, 1.165) is 0 Å². The number of benzene rings is 1. The molecule has 0 amide bonds. The first-order valence-electron chi connectivity index (χ1n) is 5.03. The molecule has 0 saturated heterocycles. The van der Waals surface area contributed by atoms with Crippen LogP contribution in [0.25, 0.3) is 0 Å². The Hall–Kier alpha value is -1.30. The van der Waals surface area contributed by atoms with E-state index in [1.807, 2.05) is 0 Å². The topological polar surface area (TPSA) is 98.6 Å². The number of carboxylic acids is 1. The summed E-state index contributed by atoms with van der Waals surface area (Å²) in [5.41, 5.74) is 11.9. The van der Waals surface area contributed by atoms with Gasteiger partial charge in [-0.3, -0.25) is 4.79 Å². The van der Waals surface area contributed by atoms with Gasteiger partial charge in [0.05, 0.1) is 7.11 Å². The molecule has 1 aromatic rings. The highest BCUT2D eigenvalue weighted by Gasteiger charge is 2.19. The molecule has 2 atom stereocenters. The summed E-state index contributed by atoms with van der Waals surface area (Å²) in [6.07, 6.45) is 0.126. The summed E-state index contributed by atoms with van der Waals surface area (Å²) in [6.45, 7) is 0. The molecule has 0 bridgehead atoms. The van der Waals surface area contributed by atoms with E-state index in [0.29, 0.717) is 16.3 Å². The van der Waals surface area contributed by atoms with E-state index in [1.165, 1.54) is 7.11 Å². The second-order valence-corrected chi connectivity index (χ2v) is 4.08. The van der Waals surface area contributed by atoms with E-state index in [4.69, 9.17) is 32.9 Å². The number of methoxy groups -OCH3 is 1. The normalized spacial score (nSPS) is 14.1. The van der Waals surface area contributed by atoms with Gasteiger partial charge in [-0.15, -0.1) is 0 Å². The van der Waals surface area contributed by atoms with Gasteiger partial charge in [0, 0.05) is 11.1 Å². The molecule has 2 unspecified atom stereocenters. The summed E-state index contributed by atoms with van der Waals surface area (Å²) in [5, 5.41) is 9.14. The number of carboxylic acid groups (broad SMARTS) is 1. The highest BCUT2D eigenvalue weighted by atomic mass is 35.5. The molecule has 5 nitrogen and oxygen atoms in total. The lowest BCUT2D eigenvalue weighted by Crippen LogP contribution is -2.33. The zero-order valence-electron chi connectivity index (χ0n) is 9.39. The van der Waals surface area contributed by atoms with Crippen LogP contribution < -0.4 is 16.2 Å². The summed E-state index contributed by atoms with van der Waals surface area (Å²) in [4.78, 5) is 10.6.